The summed E-state index contributed by atoms with van der Waals surface area (Å²) in [7, 11) is -4.22. The molecule has 0 atom stereocenters. The van der Waals surface area contributed by atoms with E-state index in [1.54, 1.807) is 6.92 Å². The highest BCUT2D eigenvalue weighted by Gasteiger charge is 2.22. The second kappa shape index (κ2) is 4.50. The number of nitrogen functional groups attached to an aromatic ring is 1. The smallest absolute Gasteiger partial charge is 0.266 e. The number of H-pyrrole nitrogens is 1. The molecule has 2 aromatic rings. The van der Waals surface area contributed by atoms with Crippen molar-refractivity contribution in [1.29, 1.82) is 0 Å². The summed E-state index contributed by atoms with van der Waals surface area (Å²) in [6.07, 6.45) is 0. The van der Waals surface area contributed by atoms with Gasteiger partial charge in [0.05, 0.1) is 5.69 Å². The van der Waals surface area contributed by atoms with Crippen molar-refractivity contribution >= 4 is 21.5 Å². The third-order valence-corrected chi connectivity index (χ3v) is 3.66. The van der Waals surface area contributed by atoms with Gasteiger partial charge in [-0.1, -0.05) is 0 Å². The maximum atomic E-state index is 13.5. The summed E-state index contributed by atoms with van der Waals surface area (Å²) in [5.74, 6) is -2.25. The predicted octanol–water partition coefficient (Wildman–Crippen LogP) is 1.38. The molecule has 1 aromatic heterocycles. The lowest BCUT2D eigenvalue weighted by molar-refractivity contribution is 0.553. The predicted molar refractivity (Wildman–Crippen MR) is 64.9 cm³/mol. The van der Waals surface area contributed by atoms with Crippen LogP contribution in [0.15, 0.2) is 23.1 Å². The zero-order chi connectivity index (χ0) is 14.2. The van der Waals surface area contributed by atoms with Crippen LogP contribution >= 0.6 is 0 Å². The zero-order valence-electron chi connectivity index (χ0n) is 9.74. The number of aromatic amines is 1. The van der Waals surface area contributed by atoms with Crippen molar-refractivity contribution in [2.45, 2.75) is 11.8 Å². The highest BCUT2D eigenvalue weighted by Crippen LogP contribution is 2.22. The molecule has 102 valence electrons. The number of hydrogen-bond donors (Lipinski definition) is 3. The van der Waals surface area contributed by atoms with Crippen LogP contribution in [-0.4, -0.2) is 18.6 Å². The van der Waals surface area contributed by atoms with E-state index in [1.165, 1.54) is 6.07 Å². The molecule has 6 nitrogen and oxygen atoms in total. The topological polar surface area (TPSA) is 101 Å². The number of halogens is 2. The lowest BCUT2D eigenvalue weighted by atomic mass is 10.3. The third-order valence-electron chi connectivity index (χ3n) is 2.29. The minimum atomic E-state index is -4.22. The minimum absolute atomic E-state index is 0.000188. The fraction of sp³-hybridized carbons (Fsp3) is 0.100. The molecular weight excluding hydrogens is 278 g/mol. The molecule has 9 heteroatoms. The normalized spacial score (nSPS) is 11.5. The van der Waals surface area contributed by atoms with Crippen molar-refractivity contribution in [3.63, 3.8) is 0 Å². The lowest BCUT2D eigenvalue weighted by Crippen LogP contribution is -2.15. The third kappa shape index (κ3) is 2.65. The summed E-state index contributed by atoms with van der Waals surface area (Å²) in [6.45, 7) is 1.67. The second-order valence-corrected chi connectivity index (χ2v) is 5.50. The summed E-state index contributed by atoms with van der Waals surface area (Å²) >= 11 is 0. The average Bonchev–Trinajstić information content (AvgIpc) is 2.68. The number of sulfonamides is 1. The van der Waals surface area contributed by atoms with E-state index in [2.05, 4.69) is 14.9 Å². The Kier molecular flexibility index (Phi) is 3.14. The van der Waals surface area contributed by atoms with Gasteiger partial charge in [0.15, 0.2) is 5.82 Å². The van der Waals surface area contributed by atoms with E-state index in [1.807, 2.05) is 0 Å². The monoisotopic (exact) mass is 288 g/mol. The number of aryl methyl sites for hydroxylation is 1. The molecule has 1 heterocycles. The van der Waals surface area contributed by atoms with Gasteiger partial charge in [-0.2, -0.15) is 5.10 Å². The molecule has 0 saturated heterocycles. The molecule has 0 aliphatic rings. The van der Waals surface area contributed by atoms with Crippen LogP contribution in [0.2, 0.25) is 0 Å². The Morgan fingerprint density at radius 2 is 1.95 bits per heavy atom. The van der Waals surface area contributed by atoms with Crippen molar-refractivity contribution in [2.24, 2.45) is 0 Å². The van der Waals surface area contributed by atoms with Crippen molar-refractivity contribution in [3.05, 3.63) is 35.5 Å². The number of benzene rings is 1. The molecule has 0 radical (unpaired) electrons. The van der Waals surface area contributed by atoms with E-state index in [0.717, 1.165) is 0 Å². The van der Waals surface area contributed by atoms with Gasteiger partial charge < -0.3 is 5.73 Å². The van der Waals surface area contributed by atoms with Gasteiger partial charge in [-0.3, -0.25) is 9.82 Å². The van der Waals surface area contributed by atoms with Crippen LogP contribution in [-0.2, 0) is 10.0 Å². The number of aromatic nitrogens is 2. The van der Waals surface area contributed by atoms with Crippen LogP contribution in [0, 0.1) is 18.6 Å². The van der Waals surface area contributed by atoms with E-state index in [0.29, 0.717) is 17.8 Å². The van der Waals surface area contributed by atoms with Gasteiger partial charge in [-0.05, 0) is 13.0 Å². The molecule has 0 amide bonds. The molecule has 0 saturated carbocycles. The van der Waals surface area contributed by atoms with Crippen molar-refractivity contribution in [2.75, 3.05) is 10.5 Å². The fourth-order valence-corrected chi connectivity index (χ4v) is 2.50. The summed E-state index contributed by atoms with van der Waals surface area (Å²) in [6, 6.07) is 2.55. The quantitative estimate of drug-likeness (QED) is 0.743. The summed E-state index contributed by atoms with van der Waals surface area (Å²) in [4.78, 5) is -0.743. The highest BCUT2D eigenvalue weighted by atomic mass is 32.2. The van der Waals surface area contributed by atoms with Crippen molar-refractivity contribution < 1.29 is 17.2 Å². The van der Waals surface area contributed by atoms with E-state index in [-0.39, 0.29) is 5.82 Å². The van der Waals surface area contributed by atoms with E-state index < -0.39 is 32.2 Å². The summed E-state index contributed by atoms with van der Waals surface area (Å²) < 4.78 is 52.4. The van der Waals surface area contributed by atoms with Crippen molar-refractivity contribution in [1.82, 2.24) is 10.2 Å². The maximum Gasteiger partial charge on any atom is 0.266 e. The highest BCUT2D eigenvalue weighted by molar-refractivity contribution is 7.92. The van der Waals surface area contributed by atoms with E-state index in [4.69, 9.17) is 5.73 Å². The molecule has 0 fully saturated rings. The van der Waals surface area contributed by atoms with Gasteiger partial charge in [-0.15, -0.1) is 0 Å². The van der Waals surface area contributed by atoms with Crippen LogP contribution in [0.1, 0.15) is 5.69 Å². The van der Waals surface area contributed by atoms with Crippen LogP contribution in [0.25, 0.3) is 0 Å². The Labute approximate surface area is 107 Å². The first-order valence-electron chi connectivity index (χ1n) is 5.09. The number of hydrogen-bond acceptors (Lipinski definition) is 4. The number of nitrogens with two attached hydrogens (primary N) is 1. The van der Waals surface area contributed by atoms with Gasteiger partial charge >= 0.3 is 0 Å². The number of rotatable bonds is 3. The van der Waals surface area contributed by atoms with Crippen LogP contribution < -0.4 is 10.5 Å². The first-order chi connectivity index (χ1) is 8.79. The molecule has 4 N–H and O–H groups in total. The molecule has 0 spiro atoms. The minimum Gasteiger partial charge on any atom is -0.396 e. The van der Waals surface area contributed by atoms with Gasteiger partial charge in [0.2, 0.25) is 0 Å². The van der Waals surface area contributed by atoms with Gasteiger partial charge in [0, 0.05) is 17.8 Å². The molecule has 0 aliphatic heterocycles. The lowest BCUT2D eigenvalue weighted by Gasteiger charge is -2.07. The Balaban J connectivity index is 2.42. The van der Waals surface area contributed by atoms with Gasteiger partial charge in [0.1, 0.15) is 16.5 Å². The number of nitrogens with zero attached hydrogens (tertiary/aromatic N) is 1. The molecule has 0 unspecified atom stereocenters. The Bertz CT molecular complexity index is 727. The fourth-order valence-electron chi connectivity index (χ4n) is 1.41. The molecule has 2 rings (SSSR count). The number of nitrogens with one attached hydrogen (secondary N) is 2. The van der Waals surface area contributed by atoms with Gasteiger partial charge in [0.25, 0.3) is 10.0 Å². The van der Waals surface area contributed by atoms with Crippen LogP contribution in [0.5, 0.6) is 0 Å². The first kappa shape index (κ1) is 13.3. The zero-order valence-corrected chi connectivity index (χ0v) is 10.6. The van der Waals surface area contributed by atoms with Crippen molar-refractivity contribution in [3.8, 4) is 0 Å². The maximum absolute atomic E-state index is 13.5. The Morgan fingerprint density at radius 3 is 2.53 bits per heavy atom. The van der Waals surface area contributed by atoms with Gasteiger partial charge in [-0.25, -0.2) is 17.2 Å². The average molecular weight is 288 g/mol. The Hall–Kier alpha value is -2.16. The summed E-state index contributed by atoms with van der Waals surface area (Å²) in [5, 5.41) is 6.18. The molecule has 0 aliphatic carbocycles. The second-order valence-electron chi connectivity index (χ2n) is 3.85. The van der Waals surface area contributed by atoms with Crippen LogP contribution in [0.4, 0.5) is 20.3 Å². The largest absolute Gasteiger partial charge is 0.396 e. The molecule has 19 heavy (non-hydrogen) atoms. The first-order valence-corrected chi connectivity index (χ1v) is 6.57. The Morgan fingerprint density at radius 1 is 1.26 bits per heavy atom. The molecular formula is C10H10F2N4O2S. The molecule has 0 bridgehead atoms. The van der Waals surface area contributed by atoms with E-state index >= 15 is 0 Å². The van der Waals surface area contributed by atoms with E-state index in [9.17, 15) is 17.2 Å². The SMILES string of the molecule is Cc1cc(NS(=O)(=O)c2cc(N)c(F)cc2F)n[nH]1. The summed E-state index contributed by atoms with van der Waals surface area (Å²) in [5.41, 5.74) is 5.39. The molecule has 1 aromatic carbocycles. The van der Waals surface area contributed by atoms with Crippen LogP contribution in [0.3, 0.4) is 0 Å². The number of anilines is 2. The standard InChI is InChI=1S/C10H10F2N4O2S/c1-5-2-10(15-14-5)16-19(17,18)9-4-8(13)6(11)3-7(9)12/h2-4H,13H2,1H3,(H2,14,15,16).